The van der Waals surface area contributed by atoms with Crippen LogP contribution in [0.4, 0.5) is 0 Å². The molecule has 1 aromatic heterocycles. The molecule has 3 heteroatoms. The van der Waals surface area contributed by atoms with Gasteiger partial charge in [-0.05, 0) is 0 Å². The van der Waals surface area contributed by atoms with Crippen molar-refractivity contribution >= 4 is 0 Å². The van der Waals surface area contributed by atoms with Crippen molar-refractivity contribution in [1.29, 1.82) is 0 Å². The first-order chi connectivity index (χ1) is 2.50. The van der Waals surface area contributed by atoms with Crippen LogP contribution in [0.3, 0.4) is 0 Å². The van der Waals surface area contributed by atoms with Gasteiger partial charge in [0, 0.05) is 5.27 Å². The molecule has 0 saturated heterocycles. The molecule has 1 heterocycles. The van der Waals surface area contributed by atoms with E-state index in [-0.39, 0.29) is 0 Å². The van der Waals surface area contributed by atoms with Gasteiger partial charge in [-0.2, -0.15) is 0 Å². The number of aromatic nitrogens is 2. The van der Waals surface area contributed by atoms with Crippen LogP contribution in [0.1, 0.15) is 0 Å². The summed E-state index contributed by atoms with van der Waals surface area (Å²) < 4.78 is 4.17. The monoisotopic (exact) mass is 69.0 g/mol. The topological polar surface area (TPSA) is 38.9 Å². The summed E-state index contributed by atoms with van der Waals surface area (Å²) in [5, 5.41) is 6.22. The summed E-state index contributed by atoms with van der Waals surface area (Å²) in [5.74, 6) is 0. The van der Waals surface area contributed by atoms with Crippen molar-refractivity contribution in [3.63, 3.8) is 0 Å². The highest BCUT2D eigenvalue weighted by Crippen LogP contribution is 1.62. The minimum Gasteiger partial charge on any atom is -0.345 e. The summed E-state index contributed by atoms with van der Waals surface area (Å²) in [7, 11) is 0. The molecule has 25 valence electrons. The van der Waals surface area contributed by atoms with Gasteiger partial charge in [-0.3, -0.25) is 0 Å². The van der Waals surface area contributed by atoms with Gasteiger partial charge in [-0.1, -0.05) is 0 Å². The summed E-state index contributed by atoms with van der Waals surface area (Å²) >= 11 is 0. The lowest BCUT2D eigenvalue weighted by Gasteiger charge is -1.44. The van der Waals surface area contributed by atoms with Crippen molar-refractivity contribution < 1.29 is 4.52 Å². The van der Waals surface area contributed by atoms with Crippen molar-refractivity contribution in [2.24, 2.45) is 0 Å². The summed E-state index contributed by atoms with van der Waals surface area (Å²) in [6.45, 7) is 0. The van der Waals surface area contributed by atoms with Crippen molar-refractivity contribution in [1.82, 2.24) is 10.4 Å². The zero-order valence-electron chi connectivity index (χ0n) is 2.38. The number of hydrogen-bond acceptors (Lipinski definition) is 3. The smallest absolute Gasteiger partial charge is 0.158 e. The average molecular weight is 69.0 g/mol. The van der Waals surface area contributed by atoms with Gasteiger partial charge in [0.2, 0.25) is 0 Å². The first kappa shape index (κ1) is 2.38. The quantitative estimate of drug-likeness (QED) is 0.426. The van der Waals surface area contributed by atoms with Crippen LogP contribution in [0.2, 0.25) is 0 Å². The van der Waals surface area contributed by atoms with Crippen molar-refractivity contribution in [2.45, 2.75) is 0 Å². The van der Waals surface area contributed by atoms with Crippen LogP contribution >= 0.6 is 0 Å². The predicted octanol–water partition coefficient (Wildman–Crippen LogP) is -0.130. The Morgan fingerprint density at radius 1 is 1.80 bits per heavy atom. The summed E-state index contributed by atoms with van der Waals surface area (Å²) in [6, 6.07) is 0. The van der Waals surface area contributed by atoms with Crippen LogP contribution in [-0.2, 0) is 0 Å². The highest BCUT2D eigenvalue weighted by atomic mass is 16.5. The Hall–Kier alpha value is -0.860. The Kier molecular flexibility index (Phi) is 0.400. The first-order valence-corrected chi connectivity index (χ1v) is 1.13. The molecule has 1 radical (unpaired) electrons. The third-order valence-electron chi connectivity index (χ3n) is 0.251. The normalized spacial score (nSPS) is 8.00. The lowest BCUT2D eigenvalue weighted by atomic mass is 11.0. The van der Waals surface area contributed by atoms with E-state index < -0.39 is 0 Å². The minimum absolute atomic E-state index is 1.28. The summed E-state index contributed by atoms with van der Waals surface area (Å²) in [6.07, 6.45) is 3.61. The summed E-state index contributed by atoms with van der Waals surface area (Å²) in [4.78, 5) is 0. The van der Waals surface area contributed by atoms with Crippen LogP contribution in [0.5, 0.6) is 0 Å². The van der Waals surface area contributed by atoms with E-state index in [0.717, 1.165) is 0 Å². The predicted molar refractivity (Wildman–Crippen MR) is 13.1 cm³/mol. The molecule has 0 amide bonds. The molecule has 3 nitrogen and oxygen atoms in total. The van der Waals surface area contributed by atoms with Gasteiger partial charge in [-0.25, -0.2) is 0 Å². The van der Waals surface area contributed by atoms with E-state index in [9.17, 15) is 0 Å². The second kappa shape index (κ2) is 0.839. The van der Waals surface area contributed by atoms with Gasteiger partial charge in [0.15, 0.2) is 12.5 Å². The Morgan fingerprint density at radius 2 is 2.80 bits per heavy atom. The van der Waals surface area contributed by atoms with E-state index in [1.54, 1.807) is 0 Å². The molecule has 1 aromatic rings. The maximum atomic E-state index is 4.17. The van der Waals surface area contributed by atoms with Gasteiger partial charge in [0.1, 0.15) is 0 Å². The first-order valence-electron chi connectivity index (χ1n) is 1.13. The Morgan fingerprint density at radius 3 is 3.00 bits per heavy atom. The Balaban J connectivity index is 3.13. The van der Waals surface area contributed by atoms with E-state index >= 15 is 0 Å². The fourth-order valence-corrected chi connectivity index (χ4v) is 0.118. The van der Waals surface area contributed by atoms with E-state index in [1.165, 1.54) is 6.26 Å². The SMILES string of the molecule is [c]1conn1. The standard InChI is InChI=1S/C2HN2O/c1-2-5-4-3-1/h2H. The van der Waals surface area contributed by atoms with E-state index in [0.29, 0.717) is 0 Å². The largest absolute Gasteiger partial charge is 0.345 e. The van der Waals surface area contributed by atoms with E-state index in [4.69, 9.17) is 0 Å². The van der Waals surface area contributed by atoms with Crippen LogP contribution in [-0.4, -0.2) is 10.4 Å². The Bertz CT molecular complexity index is 64.1. The molecule has 5 heavy (non-hydrogen) atoms. The molecule has 0 aliphatic heterocycles. The van der Waals surface area contributed by atoms with E-state index in [2.05, 4.69) is 21.1 Å². The van der Waals surface area contributed by atoms with Crippen molar-refractivity contribution in [3.8, 4) is 0 Å². The molecule has 0 unspecified atom stereocenters. The fraction of sp³-hybridized carbons (Fsp3) is 0. The lowest BCUT2D eigenvalue weighted by Crippen LogP contribution is -1.54. The van der Waals surface area contributed by atoms with Gasteiger partial charge in [0.25, 0.3) is 0 Å². The fourth-order valence-electron chi connectivity index (χ4n) is 0.118. The third kappa shape index (κ3) is 0.238. The Labute approximate surface area is 28.6 Å². The molecule has 1 rings (SSSR count). The van der Waals surface area contributed by atoms with Crippen LogP contribution < -0.4 is 0 Å². The molecule has 0 spiro atoms. The molecule has 0 N–H and O–H groups in total. The van der Waals surface area contributed by atoms with Gasteiger partial charge >= 0.3 is 0 Å². The summed E-state index contributed by atoms with van der Waals surface area (Å²) in [5.41, 5.74) is 0. The molecule has 0 bridgehead atoms. The molecule has 0 atom stereocenters. The van der Waals surface area contributed by atoms with Crippen molar-refractivity contribution in [2.75, 3.05) is 0 Å². The number of rotatable bonds is 0. The molecule has 0 aromatic carbocycles. The molecule has 0 aliphatic rings. The molecule has 0 fully saturated rings. The van der Waals surface area contributed by atoms with E-state index in [1.807, 2.05) is 0 Å². The molecular weight excluding hydrogens is 68.0 g/mol. The maximum Gasteiger partial charge on any atom is 0.158 e. The highest BCUT2D eigenvalue weighted by molar-refractivity contribution is 4.43. The zero-order chi connectivity index (χ0) is 3.54. The zero-order valence-corrected chi connectivity index (χ0v) is 2.38. The molecule has 0 aliphatic carbocycles. The minimum atomic E-state index is 1.28. The van der Waals surface area contributed by atoms with Crippen molar-refractivity contribution in [3.05, 3.63) is 12.5 Å². The molecule has 0 saturated carbocycles. The van der Waals surface area contributed by atoms with Crippen LogP contribution in [0.15, 0.2) is 10.8 Å². The highest BCUT2D eigenvalue weighted by Gasteiger charge is 1.63. The maximum absolute atomic E-state index is 4.17. The van der Waals surface area contributed by atoms with Crippen LogP contribution in [0, 0.1) is 6.20 Å². The number of hydrogen-bond donors (Lipinski definition) is 0. The second-order valence-electron chi connectivity index (χ2n) is 0.534. The van der Waals surface area contributed by atoms with Gasteiger partial charge < -0.3 is 4.52 Å². The third-order valence-corrected chi connectivity index (χ3v) is 0.251. The average Bonchev–Trinajstić information content (AvgIpc) is 1.76. The number of nitrogens with zero attached hydrogens (tertiary/aromatic N) is 2. The van der Waals surface area contributed by atoms with Gasteiger partial charge in [-0.15, -0.1) is 5.10 Å². The second-order valence-corrected chi connectivity index (χ2v) is 0.534. The van der Waals surface area contributed by atoms with Crippen LogP contribution in [0.25, 0.3) is 0 Å². The van der Waals surface area contributed by atoms with Gasteiger partial charge in [0.05, 0.1) is 0 Å². The lowest BCUT2D eigenvalue weighted by molar-refractivity contribution is 0.393. The molecular formula is C2HN2O.